The van der Waals surface area contributed by atoms with E-state index >= 15 is 0 Å². The molecule has 1 spiro atoms. The van der Waals surface area contributed by atoms with Crippen LogP contribution in [0.25, 0.3) is 0 Å². The first-order chi connectivity index (χ1) is 5.28. The maximum atomic E-state index is 5.29. The molecule has 0 radical (unpaired) electrons. The molecule has 0 aromatic rings. The second kappa shape index (κ2) is 2.48. The van der Waals surface area contributed by atoms with Crippen LogP contribution in [0.15, 0.2) is 0 Å². The minimum Gasteiger partial charge on any atom is -0.381 e. The monoisotopic (exact) mass is 154 g/mol. The molecule has 0 heterocycles. The molecule has 0 aromatic carbocycles. The maximum Gasteiger partial charge on any atom is 0.0582 e. The van der Waals surface area contributed by atoms with Gasteiger partial charge in [-0.05, 0) is 37.0 Å². The van der Waals surface area contributed by atoms with Gasteiger partial charge in [-0.15, -0.1) is 0 Å². The number of hydrogen-bond donors (Lipinski definition) is 0. The highest BCUT2D eigenvalue weighted by Crippen LogP contribution is 2.60. The summed E-state index contributed by atoms with van der Waals surface area (Å²) in [5, 5.41) is 0. The third-order valence-electron chi connectivity index (χ3n) is 3.68. The minimum absolute atomic E-state index is 0.604. The van der Waals surface area contributed by atoms with Crippen molar-refractivity contribution in [2.45, 2.75) is 45.1 Å². The average molecular weight is 154 g/mol. The Kier molecular flexibility index (Phi) is 1.71. The van der Waals surface area contributed by atoms with Crippen LogP contribution in [0.4, 0.5) is 0 Å². The number of hydrogen-bond acceptors (Lipinski definition) is 1. The number of rotatable bonds is 2. The molecule has 2 rings (SSSR count). The van der Waals surface area contributed by atoms with Crippen molar-refractivity contribution in [3.63, 3.8) is 0 Å². The zero-order chi connectivity index (χ0) is 7.90. The first kappa shape index (κ1) is 7.60. The smallest absolute Gasteiger partial charge is 0.0582 e. The van der Waals surface area contributed by atoms with Crippen LogP contribution in [0.1, 0.15) is 39.0 Å². The van der Waals surface area contributed by atoms with Gasteiger partial charge in [0, 0.05) is 7.11 Å². The van der Waals surface area contributed by atoms with Gasteiger partial charge < -0.3 is 4.74 Å². The normalized spacial score (nSPS) is 48.5. The molecule has 0 bridgehead atoms. The highest BCUT2D eigenvalue weighted by Gasteiger charge is 2.52. The van der Waals surface area contributed by atoms with Crippen molar-refractivity contribution in [3.05, 3.63) is 0 Å². The maximum absolute atomic E-state index is 5.29. The van der Waals surface area contributed by atoms with Gasteiger partial charge in [0.15, 0.2) is 0 Å². The second-order valence-corrected chi connectivity index (χ2v) is 4.45. The fraction of sp³-hybridized carbons (Fsp3) is 1.00. The Morgan fingerprint density at radius 3 is 2.36 bits per heavy atom. The van der Waals surface area contributed by atoms with Crippen molar-refractivity contribution in [1.82, 2.24) is 0 Å². The molecule has 2 aliphatic carbocycles. The van der Waals surface area contributed by atoms with Crippen molar-refractivity contribution in [2.75, 3.05) is 7.11 Å². The van der Waals surface area contributed by atoms with Crippen LogP contribution in [0.3, 0.4) is 0 Å². The van der Waals surface area contributed by atoms with Crippen molar-refractivity contribution in [3.8, 4) is 0 Å². The second-order valence-electron chi connectivity index (χ2n) is 4.45. The summed E-state index contributed by atoms with van der Waals surface area (Å²) in [6.45, 7) is 2.31. The van der Waals surface area contributed by atoms with Gasteiger partial charge in [0.25, 0.3) is 0 Å². The van der Waals surface area contributed by atoms with E-state index in [4.69, 9.17) is 4.74 Å². The SMILES string of the molecule is CCC1CC2(C1)CC(OC)C2. The third kappa shape index (κ3) is 1.10. The topological polar surface area (TPSA) is 9.23 Å². The molecule has 0 unspecified atom stereocenters. The van der Waals surface area contributed by atoms with Crippen molar-refractivity contribution >= 4 is 0 Å². The Hall–Kier alpha value is -0.0400. The summed E-state index contributed by atoms with van der Waals surface area (Å²) in [6.07, 6.45) is 7.67. The molecule has 1 heteroatoms. The zero-order valence-corrected chi connectivity index (χ0v) is 7.60. The Morgan fingerprint density at radius 2 is 1.91 bits per heavy atom. The lowest BCUT2D eigenvalue weighted by atomic mass is 9.50. The predicted molar refractivity (Wildman–Crippen MR) is 45.5 cm³/mol. The first-order valence-electron chi connectivity index (χ1n) is 4.81. The molecule has 0 saturated heterocycles. The zero-order valence-electron chi connectivity index (χ0n) is 7.60. The lowest BCUT2D eigenvalue weighted by molar-refractivity contribution is -0.126. The molecular formula is C10H18O. The van der Waals surface area contributed by atoms with Gasteiger partial charge in [0.1, 0.15) is 0 Å². The first-order valence-corrected chi connectivity index (χ1v) is 4.81. The van der Waals surface area contributed by atoms with Crippen molar-refractivity contribution < 1.29 is 4.74 Å². The predicted octanol–water partition coefficient (Wildman–Crippen LogP) is 2.60. The van der Waals surface area contributed by atoms with E-state index in [1.807, 2.05) is 7.11 Å². The van der Waals surface area contributed by atoms with Crippen LogP contribution in [-0.4, -0.2) is 13.2 Å². The summed E-state index contributed by atoms with van der Waals surface area (Å²) < 4.78 is 5.29. The van der Waals surface area contributed by atoms with E-state index in [1.54, 1.807) is 0 Å². The largest absolute Gasteiger partial charge is 0.381 e. The van der Waals surface area contributed by atoms with Gasteiger partial charge in [-0.2, -0.15) is 0 Å². The molecule has 0 atom stereocenters. The molecule has 0 amide bonds. The Balaban J connectivity index is 1.75. The Labute approximate surface area is 69.1 Å². The van der Waals surface area contributed by atoms with Crippen molar-refractivity contribution in [2.24, 2.45) is 11.3 Å². The molecule has 2 fully saturated rings. The molecule has 0 N–H and O–H groups in total. The van der Waals surface area contributed by atoms with Crippen LogP contribution in [0.5, 0.6) is 0 Å². The van der Waals surface area contributed by atoms with Gasteiger partial charge in [-0.1, -0.05) is 13.3 Å². The van der Waals surface area contributed by atoms with Crippen molar-refractivity contribution in [1.29, 1.82) is 0 Å². The molecule has 2 aliphatic rings. The summed E-state index contributed by atoms with van der Waals surface area (Å²) in [4.78, 5) is 0. The lowest BCUT2D eigenvalue weighted by Crippen LogP contribution is -2.50. The summed E-state index contributed by atoms with van der Waals surface area (Å²) in [6, 6.07) is 0. The van der Waals surface area contributed by atoms with E-state index in [-0.39, 0.29) is 0 Å². The molecule has 11 heavy (non-hydrogen) atoms. The van der Waals surface area contributed by atoms with Gasteiger partial charge in [-0.25, -0.2) is 0 Å². The summed E-state index contributed by atoms with van der Waals surface area (Å²) in [5.74, 6) is 1.05. The Morgan fingerprint density at radius 1 is 1.27 bits per heavy atom. The molecule has 0 aromatic heterocycles. The van der Waals surface area contributed by atoms with E-state index in [2.05, 4.69) is 6.92 Å². The van der Waals surface area contributed by atoms with Gasteiger partial charge in [-0.3, -0.25) is 0 Å². The minimum atomic E-state index is 0.604. The molecule has 0 aliphatic heterocycles. The molecular weight excluding hydrogens is 136 g/mol. The Bertz CT molecular complexity index is 119. The standard InChI is InChI=1S/C10H18O/c1-3-8-4-10(5-8)6-9(7-10)11-2/h8-9H,3-7H2,1-2H3. The van der Waals surface area contributed by atoms with E-state index in [0.29, 0.717) is 6.10 Å². The summed E-state index contributed by atoms with van der Waals surface area (Å²) in [5.41, 5.74) is 0.765. The lowest BCUT2D eigenvalue weighted by Gasteiger charge is -2.57. The fourth-order valence-electron chi connectivity index (χ4n) is 2.86. The van der Waals surface area contributed by atoms with Gasteiger partial charge in [0.05, 0.1) is 6.10 Å². The van der Waals surface area contributed by atoms with E-state index in [0.717, 1.165) is 11.3 Å². The van der Waals surface area contributed by atoms with Crippen LogP contribution >= 0.6 is 0 Å². The van der Waals surface area contributed by atoms with E-state index < -0.39 is 0 Å². The molecule has 1 nitrogen and oxygen atoms in total. The van der Waals surface area contributed by atoms with Crippen LogP contribution in [0, 0.1) is 11.3 Å². The highest BCUT2D eigenvalue weighted by atomic mass is 16.5. The molecule has 64 valence electrons. The van der Waals surface area contributed by atoms with Crippen LogP contribution in [0.2, 0.25) is 0 Å². The van der Waals surface area contributed by atoms with E-state index in [1.165, 1.54) is 32.1 Å². The highest BCUT2D eigenvalue weighted by molar-refractivity contribution is 5.03. The number of methoxy groups -OCH3 is 1. The van der Waals surface area contributed by atoms with Gasteiger partial charge in [0.2, 0.25) is 0 Å². The molecule has 2 saturated carbocycles. The fourth-order valence-corrected chi connectivity index (χ4v) is 2.86. The third-order valence-corrected chi connectivity index (χ3v) is 3.68. The van der Waals surface area contributed by atoms with E-state index in [9.17, 15) is 0 Å². The van der Waals surface area contributed by atoms with Gasteiger partial charge >= 0.3 is 0 Å². The summed E-state index contributed by atoms with van der Waals surface area (Å²) in [7, 11) is 1.84. The number of ether oxygens (including phenoxy) is 1. The van der Waals surface area contributed by atoms with Crippen LogP contribution < -0.4 is 0 Å². The van der Waals surface area contributed by atoms with Crippen LogP contribution in [-0.2, 0) is 4.74 Å². The quantitative estimate of drug-likeness (QED) is 0.594. The average Bonchev–Trinajstić information content (AvgIpc) is 1.83. The summed E-state index contributed by atoms with van der Waals surface area (Å²) >= 11 is 0.